The van der Waals surface area contributed by atoms with Crippen molar-refractivity contribution in [3.8, 4) is 5.69 Å². The number of hydrogen-bond acceptors (Lipinski definition) is 3. The van der Waals surface area contributed by atoms with E-state index in [9.17, 15) is 4.79 Å². The summed E-state index contributed by atoms with van der Waals surface area (Å²) in [6.07, 6.45) is 0. The Balaban J connectivity index is 2.31. The van der Waals surface area contributed by atoms with Crippen molar-refractivity contribution in [2.75, 3.05) is 0 Å². The number of rotatable bonds is 2. The van der Waals surface area contributed by atoms with Crippen LogP contribution in [-0.4, -0.2) is 19.5 Å². The smallest absolute Gasteiger partial charge is 0.301 e. The van der Waals surface area contributed by atoms with Crippen LogP contribution in [0.2, 0.25) is 5.15 Å². The van der Waals surface area contributed by atoms with E-state index in [1.165, 1.54) is 5.56 Å². The summed E-state index contributed by atoms with van der Waals surface area (Å²) in [6.45, 7) is 8.02. The van der Waals surface area contributed by atoms with Crippen LogP contribution in [0.15, 0.2) is 23.0 Å². The molecule has 3 aromatic rings. The molecule has 0 bridgehead atoms. The fourth-order valence-electron chi connectivity index (χ4n) is 2.56. The lowest BCUT2D eigenvalue weighted by atomic mass is 10.0. The first-order valence-corrected chi connectivity index (χ1v) is 7.52. The molecule has 0 aliphatic heterocycles. The maximum Gasteiger partial charge on any atom is 0.332 e. The van der Waals surface area contributed by atoms with Crippen molar-refractivity contribution in [1.82, 2.24) is 19.5 Å². The number of nitrogens with one attached hydrogen (secondary N) is 1. The molecule has 0 fully saturated rings. The fourth-order valence-corrected chi connectivity index (χ4v) is 2.82. The van der Waals surface area contributed by atoms with E-state index in [0.29, 0.717) is 22.9 Å². The molecule has 0 aliphatic rings. The zero-order chi connectivity index (χ0) is 16.0. The molecule has 0 amide bonds. The monoisotopic (exact) mass is 316 g/mol. The van der Waals surface area contributed by atoms with Gasteiger partial charge in [-0.25, -0.2) is 19.3 Å². The van der Waals surface area contributed by atoms with Gasteiger partial charge >= 0.3 is 5.69 Å². The Hall–Kier alpha value is -2.14. The van der Waals surface area contributed by atoms with E-state index in [-0.39, 0.29) is 10.8 Å². The van der Waals surface area contributed by atoms with Crippen LogP contribution in [0.25, 0.3) is 16.9 Å². The number of H-pyrrole nitrogens is 1. The minimum absolute atomic E-state index is 0.259. The molecule has 6 heteroatoms. The normalized spacial score (nSPS) is 11.5. The summed E-state index contributed by atoms with van der Waals surface area (Å²) in [4.78, 5) is 23.5. The molecule has 1 N–H and O–H groups in total. The van der Waals surface area contributed by atoms with Crippen molar-refractivity contribution in [3.63, 3.8) is 0 Å². The summed E-state index contributed by atoms with van der Waals surface area (Å²) in [5.74, 6) is 0.966. The molecule has 0 atom stereocenters. The molecule has 3 rings (SSSR count). The number of halogens is 1. The van der Waals surface area contributed by atoms with E-state index in [0.717, 1.165) is 11.3 Å². The van der Waals surface area contributed by atoms with Gasteiger partial charge in [0.05, 0.1) is 5.69 Å². The van der Waals surface area contributed by atoms with Gasteiger partial charge in [0, 0.05) is 0 Å². The van der Waals surface area contributed by atoms with Crippen LogP contribution in [-0.2, 0) is 0 Å². The van der Waals surface area contributed by atoms with E-state index >= 15 is 0 Å². The summed E-state index contributed by atoms with van der Waals surface area (Å²) in [6, 6.07) is 6.08. The van der Waals surface area contributed by atoms with Crippen LogP contribution in [0.1, 0.15) is 36.7 Å². The number of fused-ring (bicyclic) bond motifs is 1. The quantitative estimate of drug-likeness (QED) is 0.736. The van der Waals surface area contributed by atoms with Crippen molar-refractivity contribution < 1.29 is 0 Å². The summed E-state index contributed by atoms with van der Waals surface area (Å²) in [7, 11) is 0. The predicted molar refractivity (Wildman–Crippen MR) is 88.1 cm³/mol. The topological polar surface area (TPSA) is 63.6 Å². The lowest BCUT2D eigenvalue weighted by Gasteiger charge is -2.11. The van der Waals surface area contributed by atoms with Crippen molar-refractivity contribution >= 4 is 22.8 Å². The zero-order valence-electron chi connectivity index (χ0n) is 12.9. The van der Waals surface area contributed by atoms with E-state index in [4.69, 9.17) is 11.6 Å². The third-order valence-electron chi connectivity index (χ3n) is 3.73. The summed E-state index contributed by atoms with van der Waals surface area (Å²) < 4.78 is 1.55. The molecule has 0 saturated heterocycles. The lowest BCUT2D eigenvalue weighted by molar-refractivity contribution is 0.861. The van der Waals surface area contributed by atoms with Gasteiger partial charge in [-0.05, 0) is 37.0 Å². The average molecular weight is 317 g/mol. The summed E-state index contributed by atoms with van der Waals surface area (Å²) in [5, 5.41) is 0.259. The Morgan fingerprint density at radius 1 is 1.23 bits per heavy atom. The molecule has 0 aliphatic carbocycles. The maximum atomic E-state index is 12.4. The van der Waals surface area contributed by atoms with E-state index in [1.807, 2.05) is 19.1 Å². The van der Waals surface area contributed by atoms with Gasteiger partial charge in [-0.15, -0.1) is 0 Å². The molecule has 0 radical (unpaired) electrons. The Morgan fingerprint density at radius 2 is 1.95 bits per heavy atom. The highest BCUT2D eigenvalue weighted by Crippen LogP contribution is 2.24. The first-order chi connectivity index (χ1) is 10.4. The van der Waals surface area contributed by atoms with Crippen LogP contribution in [0, 0.1) is 13.8 Å². The largest absolute Gasteiger partial charge is 0.332 e. The van der Waals surface area contributed by atoms with Crippen LogP contribution < -0.4 is 5.69 Å². The highest BCUT2D eigenvalue weighted by atomic mass is 35.5. The predicted octanol–water partition coefficient (Wildman–Crippen LogP) is 3.50. The molecule has 1 aromatic carbocycles. The highest BCUT2D eigenvalue weighted by molar-refractivity contribution is 6.33. The number of aryl methyl sites for hydroxylation is 2. The lowest BCUT2D eigenvalue weighted by Crippen LogP contribution is -2.16. The van der Waals surface area contributed by atoms with Crippen molar-refractivity contribution in [3.05, 3.63) is 50.8 Å². The van der Waals surface area contributed by atoms with Gasteiger partial charge in [0.1, 0.15) is 11.3 Å². The van der Waals surface area contributed by atoms with Gasteiger partial charge in [-0.3, -0.25) is 0 Å². The standard InChI is InChI=1S/C16H17ClN4O/c1-8(2)11-5-6-12(9(3)7-11)21-15-13(20-16(21)22)14(17)18-10(4)19-15/h5-8H,1-4H3,(H,20,22). The molecule has 2 aromatic heterocycles. The molecule has 0 spiro atoms. The Kier molecular flexibility index (Phi) is 3.53. The van der Waals surface area contributed by atoms with Crippen LogP contribution in [0.5, 0.6) is 0 Å². The van der Waals surface area contributed by atoms with Gasteiger partial charge in [0.15, 0.2) is 10.8 Å². The van der Waals surface area contributed by atoms with Crippen molar-refractivity contribution in [1.29, 1.82) is 0 Å². The number of imidazole rings is 1. The molecule has 0 saturated carbocycles. The van der Waals surface area contributed by atoms with E-state index < -0.39 is 0 Å². The molecular formula is C16H17ClN4O. The second-order valence-electron chi connectivity index (χ2n) is 5.73. The Morgan fingerprint density at radius 3 is 2.59 bits per heavy atom. The first kappa shape index (κ1) is 14.8. The fraction of sp³-hybridized carbons (Fsp3) is 0.312. The maximum absolute atomic E-state index is 12.4. The average Bonchev–Trinajstić information content (AvgIpc) is 2.75. The van der Waals surface area contributed by atoms with Gasteiger partial charge in [0.2, 0.25) is 0 Å². The number of benzene rings is 1. The highest BCUT2D eigenvalue weighted by Gasteiger charge is 2.16. The minimum Gasteiger partial charge on any atom is -0.301 e. The van der Waals surface area contributed by atoms with Gasteiger partial charge in [0.25, 0.3) is 0 Å². The molecule has 2 heterocycles. The summed E-state index contributed by atoms with van der Waals surface area (Å²) in [5.41, 5.74) is 3.75. The van der Waals surface area contributed by atoms with E-state index in [2.05, 4.69) is 34.9 Å². The van der Waals surface area contributed by atoms with E-state index in [1.54, 1.807) is 11.5 Å². The molecule has 0 unspecified atom stereocenters. The van der Waals surface area contributed by atoms with Gasteiger partial charge < -0.3 is 4.98 Å². The SMILES string of the molecule is Cc1nc(Cl)c2[nH]c(=O)n(-c3ccc(C(C)C)cc3C)c2n1. The van der Waals surface area contributed by atoms with Crippen molar-refractivity contribution in [2.45, 2.75) is 33.6 Å². The number of aromatic nitrogens is 4. The van der Waals surface area contributed by atoms with Crippen LogP contribution in [0.3, 0.4) is 0 Å². The molecule has 114 valence electrons. The minimum atomic E-state index is -0.266. The zero-order valence-corrected chi connectivity index (χ0v) is 13.7. The first-order valence-electron chi connectivity index (χ1n) is 7.14. The van der Waals surface area contributed by atoms with Crippen molar-refractivity contribution in [2.24, 2.45) is 0 Å². The third kappa shape index (κ3) is 2.31. The third-order valence-corrected chi connectivity index (χ3v) is 4.01. The number of aromatic amines is 1. The summed E-state index contributed by atoms with van der Waals surface area (Å²) >= 11 is 6.11. The molecule has 22 heavy (non-hydrogen) atoms. The van der Waals surface area contributed by atoms with Gasteiger partial charge in [-0.1, -0.05) is 37.6 Å². The Labute approximate surface area is 133 Å². The van der Waals surface area contributed by atoms with Crippen LogP contribution >= 0.6 is 11.6 Å². The molecular weight excluding hydrogens is 300 g/mol. The second-order valence-corrected chi connectivity index (χ2v) is 6.08. The second kappa shape index (κ2) is 5.25. The van der Waals surface area contributed by atoms with Gasteiger partial charge in [-0.2, -0.15) is 0 Å². The van der Waals surface area contributed by atoms with Crippen LogP contribution in [0.4, 0.5) is 0 Å². The Bertz CT molecular complexity index is 924. The number of nitrogens with zero attached hydrogens (tertiary/aromatic N) is 3. The number of hydrogen-bond donors (Lipinski definition) is 1. The molecule has 5 nitrogen and oxygen atoms in total.